The van der Waals surface area contributed by atoms with E-state index in [1.807, 2.05) is 36.4 Å². The Morgan fingerprint density at radius 1 is 1.00 bits per heavy atom. The summed E-state index contributed by atoms with van der Waals surface area (Å²) in [5, 5.41) is 12.0. The maximum absolute atomic E-state index is 12.1. The molecule has 29 heavy (non-hydrogen) atoms. The van der Waals surface area contributed by atoms with Gasteiger partial charge < -0.3 is 21.3 Å². The van der Waals surface area contributed by atoms with Gasteiger partial charge in [-0.25, -0.2) is 4.79 Å². The van der Waals surface area contributed by atoms with E-state index in [0.717, 1.165) is 43.5 Å². The predicted octanol–water partition coefficient (Wildman–Crippen LogP) is 2.80. The number of benzene rings is 1. The molecule has 0 aliphatic carbocycles. The van der Waals surface area contributed by atoms with Gasteiger partial charge in [-0.2, -0.15) is 0 Å². The van der Waals surface area contributed by atoms with Crippen LogP contribution in [-0.4, -0.2) is 30.0 Å². The molecule has 154 valence electrons. The van der Waals surface area contributed by atoms with Crippen LogP contribution in [0.5, 0.6) is 0 Å². The number of rotatable bonds is 8. The Kier molecular flexibility index (Phi) is 8.01. The van der Waals surface area contributed by atoms with Crippen LogP contribution in [0.25, 0.3) is 0 Å². The van der Waals surface area contributed by atoms with E-state index in [0.29, 0.717) is 31.1 Å². The number of carbonyl (C=O) groups excluding carboxylic acids is 2. The van der Waals surface area contributed by atoms with E-state index in [1.165, 1.54) is 0 Å². The molecule has 7 heteroatoms. The third-order valence-corrected chi connectivity index (χ3v) is 5.12. The third-order valence-electron chi connectivity index (χ3n) is 5.12. The number of hydrogen-bond acceptors (Lipinski definition) is 4. The van der Waals surface area contributed by atoms with E-state index in [4.69, 9.17) is 0 Å². The number of nitrogens with one attached hydrogen (secondary N) is 4. The van der Waals surface area contributed by atoms with Gasteiger partial charge in [0.05, 0.1) is 0 Å². The Morgan fingerprint density at radius 2 is 1.76 bits per heavy atom. The highest BCUT2D eigenvalue weighted by Gasteiger charge is 2.14. The van der Waals surface area contributed by atoms with Gasteiger partial charge in [0.25, 0.3) is 0 Å². The number of carbonyl (C=O) groups is 2. The average Bonchev–Trinajstić information content (AvgIpc) is 2.76. The summed E-state index contributed by atoms with van der Waals surface area (Å²) in [4.78, 5) is 28.2. The SMILES string of the molecule is O=C(CCC1CCNCC1)NCc1cccc(NC(=O)NCc2ccncc2)c1. The molecule has 1 aliphatic rings. The molecule has 1 aromatic carbocycles. The van der Waals surface area contributed by atoms with Gasteiger partial charge in [-0.3, -0.25) is 9.78 Å². The zero-order valence-electron chi connectivity index (χ0n) is 16.6. The van der Waals surface area contributed by atoms with E-state index >= 15 is 0 Å². The summed E-state index contributed by atoms with van der Waals surface area (Å²) >= 11 is 0. The van der Waals surface area contributed by atoms with Crippen molar-refractivity contribution in [2.45, 2.75) is 38.8 Å². The Labute approximate surface area is 171 Å². The molecule has 3 rings (SSSR count). The Morgan fingerprint density at radius 3 is 2.55 bits per heavy atom. The topological polar surface area (TPSA) is 95.2 Å². The van der Waals surface area contributed by atoms with Crippen molar-refractivity contribution in [1.29, 1.82) is 0 Å². The largest absolute Gasteiger partial charge is 0.352 e. The summed E-state index contributed by atoms with van der Waals surface area (Å²) in [6.45, 7) is 3.00. The maximum atomic E-state index is 12.1. The van der Waals surface area contributed by atoms with Gasteiger partial charge in [0.15, 0.2) is 0 Å². The van der Waals surface area contributed by atoms with Crippen molar-refractivity contribution in [3.63, 3.8) is 0 Å². The van der Waals surface area contributed by atoms with Gasteiger partial charge >= 0.3 is 6.03 Å². The minimum Gasteiger partial charge on any atom is -0.352 e. The standard InChI is InChI=1S/C22H29N5O2/c28-21(5-4-17-6-10-23-11-7-17)25-16-19-2-1-3-20(14-19)27-22(29)26-15-18-8-12-24-13-9-18/h1-3,8-9,12-14,17,23H,4-7,10-11,15-16H2,(H,25,28)(H2,26,27,29). The number of hydrogen-bond donors (Lipinski definition) is 4. The predicted molar refractivity (Wildman–Crippen MR) is 113 cm³/mol. The molecule has 0 spiro atoms. The van der Waals surface area contributed by atoms with Crippen molar-refractivity contribution in [2.75, 3.05) is 18.4 Å². The van der Waals surface area contributed by atoms with Gasteiger partial charge in [-0.05, 0) is 73.7 Å². The zero-order valence-corrected chi connectivity index (χ0v) is 16.6. The van der Waals surface area contributed by atoms with Gasteiger partial charge in [0, 0.05) is 37.6 Å². The second-order valence-corrected chi connectivity index (χ2v) is 7.37. The van der Waals surface area contributed by atoms with Crippen LogP contribution < -0.4 is 21.3 Å². The molecule has 7 nitrogen and oxygen atoms in total. The van der Waals surface area contributed by atoms with Crippen molar-refractivity contribution in [2.24, 2.45) is 5.92 Å². The highest BCUT2D eigenvalue weighted by atomic mass is 16.2. The minimum atomic E-state index is -0.273. The normalized spacial score (nSPS) is 14.2. The summed E-state index contributed by atoms with van der Waals surface area (Å²) in [6, 6.07) is 10.9. The number of anilines is 1. The summed E-state index contributed by atoms with van der Waals surface area (Å²) in [5.41, 5.74) is 2.63. The molecule has 0 bridgehead atoms. The van der Waals surface area contributed by atoms with Crippen molar-refractivity contribution < 1.29 is 9.59 Å². The van der Waals surface area contributed by atoms with Crippen molar-refractivity contribution in [1.82, 2.24) is 20.9 Å². The van der Waals surface area contributed by atoms with Gasteiger partial charge in [0.2, 0.25) is 5.91 Å². The summed E-state index contributed by atoms with van der Waals surface area (Å²) in [6.07, 6.45) is 7.22. The molecule has 1 fully saturated rings. The highest BCUT2D eigenvalue weighted by molar-refractivity contribution is 5.89. The maximum Gasteiger partial charge on any atom is 0.319 e. The molecule has 1 saturated heterocycles. The molecule has 0 radical (unpaired) electrons. The number of pyridine rings is 1. The summed E-state index contributed by atoms with van der Waals surface area (Å²) < 4.78 is 0. The molecular weight excluding hydrogens is 366 g/mol. The lowest BCUT2D eigenvalue weighted by Gasteiger charge is -2.22. The van der Waals surface area contributed by atoms with Crippen LogP contribution in [-0.2, 0) is 17.9 Å². The second-order valence-electron chi connectivity index (χ2n) is 7.37. The fourth-order valence-corrected chi connectivity index (χ4v) is 3.41. The molecule has 1 aromatic heterocycles. The second kappa shape index (κ2) is 11.2. The van der Waals surface area contributed by atoms with E-state index in [9.17, 15) is 9.59 Å². The molecule has 4 N–H and O–H groups in total. The first-order valence-electron chi connectivity index (χ1n) is 10.2. The highest BCUT2D eigenvalue weighted by Crippen LogP contribution is 2.17. The first kappa shape index (κ1) is 20.8. The lowest BCUT2D eigenvalue weighted by Crippen LogP contribution is -2.29. The van der Waals surface area contributed by atoms with Crippen molar-refractivity contribution in [3.8, 4) is 0 Å². The lowest BCUT2D eigenvalue weighted by molar-refractivity contribution is -0.121. The van der Waals surface area contributed by atoms with Crippen LogP contribution in [0.3, 0.4) is 0 Å². The van der Waals surface area contributed by atoms with Crippen LogP contribution in [0, 0.1) is 5.92 Å². The molecule has 2 aromatic rings. The Balaban J connectivity index is 1.39. The average molecular weight is 396 g/mol. The molecule has 0 unspecified atom stereocenters. The molecule has 3 amide bonds. The Bertz CT molecular complexity index is 791. The van der Waals surface area contributed by atoms with E-state index < -0.39 is 0 Å². The minimum absolute atomic E-state index is 0.0805. The summed E-state index contributed by atoms with van der Waals surface area (Å²) in [7, 11) is 0. The number of piperidine rings is 1. The smallest absolute Gasteiger partial charge is 0.319 e. The van der Waals surface area contributed by atoms with Crippen LogP contribution >= 0.6 is 0 Å². The van der Waals surface area contributed by atoms with E-state index in [-0.39, 0.29) is 11.9 Å². The zero-order chi connectivity index (χ0) is 20.3. The molecule has 2 heterocycles. The third kappa shape index (κ3) is 7.54. The van der Waals surface area contributed by atoms with Gasteiger partial charge in [-0.15, -0.1) is 0 Å². The molecule has 0 atom stereocenters. The summed E-state index contributed by atoms with van der Waals surface area (Å²) in [5.74, 6) is 0.733. The Hall–Kier alpha value is -2.93. The van der Waals surface area contributed by atoms with Crippen LogP contribution in [0.2, 0.25) is 0 Å². The van der Waals surface area contributed by atoms with Gasteiger partial charge in [0.1, 0.15) is 0 Å². The quantitative estimate of drug-likeness (QED) is 0.553. The van der Waals surface area contributed by atoms with Gasteiger partial charge in [-0.1, -0.05) is 12.1 Å². The molecule has 0 saturated carbocycles. The van der Waals surface area contributed by atoms with Crippen molar-refractivity contribution >= 4 is 17.6 Å². The lowest BCUT2D eigenvalue weighted by atomic mass is 9.93. The number of urea groups is 1. The van der Waals surface area contributed by atoms with E-state index in [2.05, 4.69) is 26.3 Å². The monoisotopic (exact) mass is 395 g/mol. The molecular formula is C22H29N5O2. The van der Waals surface area contributed by atoms with Crippen LogP contribution in [0.15, 0.2) is 48.8 Å². The van der Waals surface area contributed by atoms with E-state index in [1.54, 1.807) is 12.4 Å². The number of aromatic nitrogens is 1. The van der Waals surface area contributed by atoms with Crippen LogP contribution in [0.1, 0.15) is 36.8 Å². The number of nitrogens with zero attached hydrogens (tertiary/aromatic N) is 1. The number of amides is 3. The fraction of sp³-hybridized carbons (Fsp3) is 0.409. The first-order chi connectivity index (χ1) is 14.2. The van der Waals surface area contributed by atoms with Crippen LogP contribution in [0.4, 0.5) is 10.5 Å². The fourth-order valence-electron chi connectivity index (χ4n) is 3.41. The molecule has 1 aliphatic heterocycles. The van der Waals surface area contributed by atoms with Crippen molar-refractivity contribution in [3.05, 3.63) is 59.9 Å². The first-order valence-corrected chi connectivity index (χ1v) is 10.2.